The Hall–Kier alpha value is -1.38. The van der Waals surface area contributed by atoms with Crippen molar-refractivity contribution in [2.45, 2.75) is 19.7 Å². The van der Waals surface area contributed by atoms with Crippen molar-refractivity contribution in [1.29, 1.82) is 0 Å². The third-order valence-electron chi connectivity index (χ3n) is 2.93. The Morgan fingerprint density at radius 3 is 2.27 bits per heavy atom. The van der Waals surface area contributed by atoms with Crippen LogP contribution in [0, 0.1) is 6.92 Å². The van der Waals surface area contributed by atoms with Gasteiger partial charge in [-0.15, -0.1) is 11.3 Å². The summed E-state index contributed by atoms with van der Waals surface area (Å²) < 4.78 is 65.9. The van der Waals surface area contributed by atoms with Gasteiger partial charge >= 0.3 is 6.18 Å². The quantitative estimate of drug-likeness (QED) is 0.776. The normalized spacial score (nSPS) is 12.6. The van der Waals surface area contributed by atoms with Crippen LogP contribution >= 0.6 is 11.3 Å². The van der Waals surface area contributed by atoms with E-state index in [9.17, 15) is 21.6 Å². The molecule has 2 aromatic rings. The van der Waals surface area contributed by atoms with Crippen LogP contribution in [0.25, 0.3) is 11.1 Å². The SMILES string of the molecule is Cc1ccc(-c2csc(C(F)(F)F)c2COS(C)(=O)=O)cc1. The number of benzene rings is 1. The van der Waals surface area contributed by atoms with Gasteiger partial charge in [0.1, 0.15) is 4.88 Å². The first-order valence-electron chi connectivity index (χ1n) is 6.17. The molecule has 1 aromatic heterocycles. The lowest BCUT2D eigenvalue weighted by atomic mass is 10.0. The van der Waals surface area contributed by atoms with Gasteiger partial charge in [-0.2, -0.15) is 21.6 Å². The van der Waals surface area contributed by atoms with Crippen molar-refractivity contribution in [2.75, 3.05) is 6.26 Å². The van der Waals surface area contributed by atoms with E-state index in [1.54, 1.807) is 24.3 Å². The highest BCUT2D eigenvalue weighted by Crippen LogP contribution is 2.42. The zero-order valence-corrected chi connectivity index (χ0v) is 13.4. The second kappa shape index (κ2) is 6.02. The number of rotatable bonds is 4. The smallest absolute Gasteiger partial charge is 0.265 e. The molecule has 0 fully saturated rings. The van der Waals surface area contributed by atoms with Gasteiger partial charge in [0.15, 0.2) is 0 Å². The third-order valence-corrected chi connectivity index (χ3v) is 4.54. The molecular formula is C14H13F3O3S2. The predicted molar refractivity (Wildman–Crippen MR) is 79.1 cm³/mol. The van der Waals surface area contributed by atoms with Crippen molar-refractivity contribution in [1.82, 2.24) is 0 Å². The van der Waals surface area contributed by atoms with Crippen molar-refractivity contribution in [2.24, 2.45) is 0 Å². The van der Waals surface area contributed by atoms with Crippen LogP contribution in [0.4, 0.5) is 13.2 Å². The van der Waals surface area contributed by atoms with Crippen LogP contribution in [0.5, 0.6) is 0 Å². The van der Waals surface area contributed by atoms with E-state index >= 15 is 0 Å². The Morgan fingerprint density at radius 2 is 1.77 bits per heavy atom. The van der Waals surface area contributed by atoms with E-state index in [4.69, 9.17) is 0 Å². The van der Waals surface area contributed by atoms with Crippen LogP contribution < -0.4 is 0 Å². The monoisotopic (exact) mass is 350 g/mol. The van der Waals surface area contributed by atoms with Crippen LogP contribution in [-0.2, 0) is 27.1 Å². The zero-order valence-electron chi connectivity index (χ0n) is 11.8. The second-order valence-corrected chi connectivity index (χ2v) is 7.31. The van der Waals surface area contributed by atoms with Crippen LogP contribution in [0.15, 0.2) is 29.6 Å². The summed E-state index contributed by atoms with van der Waals surface area (Å²) in [6.45, 7) is 1.23. The minimum absolute atomic E-state index is 0.160. The Labute approximate surface area is 130 Å². The number of alkyl halides is 3. The van der Waals surface area contributed by atoms with Crippen molar-refractivity contribution < 1.29 is 25.8 Å². The summed E-state index contributed by atoms with van der Waals surface area (Å²) in [4.78, 5) is -0.841. The van der Waals surface area contributed by atoms with Gasteiger partial charge in [0.2, 0.25) is 0 Å². The highest BCUT2D eigenvalue weighted by molar-refractivity contribution is 7.85. The molecular weight excluding hydrogens is 337 g/mol. The van der Waals surface area contributed by atoms with Crippen molar-refractivity contribution in [3.63, 3.8) is 0 Å². The molecule has 22 heavy (non-hydrogen) atoms. The molecule has 0 aliphatic heterocycles. The molecule has 1 heterocycles. The molecule has 0 radical (unpaired) electrons. The van der Waals surface area contributed by atoms with Gasteiger partial charge in [-0.3, -0.25) is 4.18 Å². The van der Waals surface area contributed by atoms with Crippen LogP contribution in [0.2, 0.25) is 0 Å². The maximum atomic E-state index is 13.1. The summed E-state index contributed by atoms with van der Waals surface area (Å²) in [6, 6.07) is 6.95. The fourth-order valence-corrected chi connectivity index (χ4v) is 3.20. The molecule has 3 nitrogen and oxygen atoms in total. The van der Waals surface area contributed by atoms with E-state index in [1.165, 1.54) is 5.38 Å². The van der Waals surface area contributed by atoms with Gasteiger partial charge in [0, 0.05) is 5.56 Å². The fourth-order valence-electron chi connectivity index (χ4n) is 1.90. The van der Waals surface area contributed by atoms with E-state index < -0.39 is 27.8 Å². The molecule has 0 atom stereocenters. The third kappa shape index (κ3) is 4.08. The van der Waals surface area contributed by atoms with E-state index in [2.05, 4.69) is 4.18 Å². The van der Waals surface area contributed by atoms with Crippen molar-refractivity contribution >= 4 is 21.5 Å². The van der Waals surface area contributed by atoms with Gasteiger partial charge in [0.25, 0.3) is 10.1 Å². The molecule has 120 valence electrons. The number of hydrogen-bond acceptors (Lipinski definition) is 4. The standard InChI is InChI=1S/C14H13F3O3S2/c1-9-3-5-10(6-4-9)12-8-21-13(14(15,16)17)11(12)7-20-22(2,18)19/h3-6,8H,7H2,1-2H3. The molecule has 0 unspecified atom stereocenters. The minimum Gasteiger partial charge on any atom is -0.265 e. The first kappa shape index (κ1) is 17.0. The molecule has 0 aliphatic carbocycles. The molecule has 2 rings (SSSR count). The first-order valence-corrected chi connectivity index (χ1v) is 8.86. The maximum absolute atomic E-state index is 13.1. The minimum atomic E-state index is -4.55. The molecule has 0 bridgehead atoms. The maximum Gasteiger partial charge on any atom is 0.425 e. The Morgan fingerprint density at radius 1 is 1.18 bits per heavy atom. The fraction of sp³-hybridized carbons (Fsp3) is 0.286. The Kier molecular flexibility index (Phi) is 4.65. The molecule has 1 aromatic carbocycles. The van der Waals surface area contributed by atoms with Gasteiger partial charge in [-0.05, 0) is 23.4 Å². The van der Waals surface area contributed by atoms with Crippen molar-refractivity contribution in [3.05, 3.63) is 45.6 Å². The molecule has 0 saturated heterocycles. The Balaban J connectivity index is 2.50. The second-order valence-electron chi connectivity index (χ2n) is 4.79. The summed E-state index contributed by atoms with van der Waals surface area (Å²) in [6.07, 6.45) is -3.75. The number of aryl methyl sites for hydroxylation is 1. The van der Waals surface area contributed by atoms with E-state index in [0.29, 0.717) is 22.5 Å². The first-order chi connectivity index (χ1) is 10.1. The number of hydrogen-bond donors (Lipinski definition) is 0. The lowest BCUT2D eigenvalue weighted by Gasteiger charge is -2.10. The molecule has 0 amide bonds. The van der Waals surface area contributed by atoms with Crippen molar-refractivity contribution in [3.8, 4) is 11.1 Å². The van der Waals surface area contributed by atoms with Gasteiger partial charge in [0.05, 0.1) is 12.9 Å². The largest absolute Gasteiger partial charge is 0.425 e. The van der Waals surface area contributed by atoms with E-state index in [1.807, 2.05) is 6.92 Å². The average Bonchev–Trinajstić information content (AvgIpc) is 2.80. The van der Waals surface area contributed by atoms with E-state index in [0.717, 1.165) is 11.8 Å². The lowest BCUT2D eigenvalue weighted by Crippen LogP contribution is -2.09. The average molecular weight is 350 g/mol. The van der Waals surface area contributed by atoms with Gasteiger partial charge in [-0.1, -0.05) is 29.8 Å². The van der Waals surface area contributed by atoms with Gasteiger partial charge < -0.3 is 0 Å². The molecule has 0 N–H and O–H groups in total. The molecule has 0 aliphatic rings. The van der Waals surface area contributed by atoms with Crippen LogP contribution in [0.3, 0.4) is 0 Å². The Bertz CT molecular complexity index is 760. The lowest BCUT2D eigenvalue weighted by molar-refractivity contribution is -0.135. The predicted octanol–water partition coefficient (Wildman–Crippen LogP) is 4.22. The highest BCUT2D eigenvalue weighted by atomic mass is 32.2. The molecule has 0 saturated carbocycles. The van der Waals surface area contributed by atoms with Crippen LogP contribution in [0.1, 0.15) is 16.0 Å². The summed E-state index contributed by atoms with van der Waals surface area (Å²) >= 11 is 0.533. The highest BCUT2D eigenvalue weighted by Gasteiger charge is 2.36. The summed E-state index contributed by atoms with van der Waals surface area (Å²) in [5.74, 6) is 0. The van der Waals surface area contributed by atoms with Crippen LogP contribution in [-0.4, -0.2) is 14.7 Å². The summed E-state index contributed by atoms with van der Waals surface area (Å²) in [5, 5.41) is 1.37. The molecule has 8 heteroatoms. The zero-order chi connectivity index (χ0) is 16.5. The van der Waals surface area contributed by atoms with Gasteiger partial charge in [-0.25, -0.2) is 0 Å². The topological polar surface area (TPSA) is 43.4 Å². The molecule has 0 spiro atoms. The number of thiophene rings is 1. The number of halogens is 3. The summed E-state index contributed by atoms with van der Waals surface area (Å²) in [5.41, 5.74) is 1.74. The summed E-state index contributed by atoms with van der Waals surface area (Å²) in [7, 11) is -3.83. The van der Waals surface area contributed by atoms with E-state index in [-0.39, 0.29) is 5.56 Å².